The van der Waals surface area contributed by atoms with Gasteiger partial charge in [-0.05, 0) is 24.6 Å². The third kappa shape index (κ3) is 3.32. The van der Waals surface area contributed by atoms with Crippen LogP contribution >= 0.6 is 23.4 Å². The molecule has 1 heterocycles. The van der Waals surface area contributed by atoms with Crippen molar-refractivity contribution >= 4 is 35.2 Å². The number of carboxylic acid groups (broad SMARTS) is 1. The molecule has 2 rings (SSSR count). The number of carboxylic acids is 1. The number of benzene rings is 1. The van der Waals surface area contributed by atoms with Crippen LogP contribution in [0.15, 0.2) is 18.2 Å². The Hall–Kier alpha value is -1.27. The predicted octanol–water partition coefficient (Wildman–Crippen LogP) is 3.25. The standard InChI is InChI=1S/C14H15ClFNO3S/c1-2-3-12-17(11(7-21-12)14(19)20)13(18)9-5-4-8(16)6-10(9)15/h4-6,11-12H,2-3,7H2,1H3,(H,19,20). The first kappa shape index (κ1) is 16.1. The van der Waals surface area contributed by atoms with E-state index >= 15 is 0 Å². The molecule has 1 fully saturated rings. The maximum absolute atomic E-state index is 13.1. The van der Waals surface area contributed by atoms with Crippen molar-refractivity contribution in [1.82, 2.24) is 4.90 Å². The van der Waals surface area contributed by atoms with Crippen LogP contribution in [0.1, 0.15) is 30.1 Å². The average molecular weight is 332 g/mol. The molecule has 0 bridgehead atoms. The fourth-order valence-electron chi connectivity index (χ4n) is 2.30. The largest absolute Gasteiger partial charge is 0.480 e. The molecule has 1 saturated heterocycles. The summed E-state index contributed by atoms with van der Waals surface area (Å²) in [5.41, 5.74) is 0.132. The van der Waals surface area contributed by atoms with Gasteiger partial charge in [0.25, 0.3) is 5.91 Å². The van der Waals surface area contributed by atoms with Gasteiger partial charge in [-0.15, -0.1) is 11.8 Å². The van der Waals surface area contributed by atoms with Crippen LogP contribution in [-0.4, -0.2) is 39.1 Å². The Morgan fingerprint density at radius 1 is 1.52 bits per heavy atom. The van der Waals surface area contributed by atoms with Crippen LogP contribution in [-0.2, 0) is 4.79 Å². The van der Waals surface area contributed by atoms with Gasteiger partial charge in [0.05, 0.1) is 16.0 Å². The average Bonchev–Trinajstić information content (AvgIpc) is 2.82. The SMILES string of the molecule is CCCC1SCC(C(=O)O)N1C(=O)c1ccc(F)cc1Cl. The minimum atomic E-state index is -1.03. The summed E-state index contributed by atoms with van der Waals surface area (Å²) in [6, 6.07) is 2.63. The predicted molar refractivity (Wildman–Crippen MR) is 80.2 cm³/mol. The van der Waals surface area contributed by atoms with Crippen LogP contribution in [0, 0.1) is 5.82 Å². The van der Waals surface area contributed by atoms with Crippen molar-refractivity contribution in [3.63, 3.8) is 0 Å². The molecule has 0 aromatic heterocycles. The highest BCUT2D eigenvalue weighted by molar-refractivity contribution is 8.00. The van der Waals surface area contributed by atoms with Crippen molar-refractivity contribution < 1.29 is 19.1 Å². The van der Waals surface area contributed by atoms with Crippen LogP contribution in [0.2, 0.25) is 5.02 Å². The Morgan fingerprint density at radius 3 is 2.81 bits per heavy atom. The smallest absolute Gasteiger partial charge is 0.327 e. The van der Waals surface area contributed by atoms with Gasteiger partial charge < -0.3 is 10.0 Å². The van der Waals surface area contributed by atoms with Gasteiger partial charge in [-0.3, -0.25) is 4.79 Å². The molecule has 1 aromatic carbocycles. The van der Waals surface area contributed by atoms with E-state index in [-0.39, 0.29) is 16.0 Å². The molecule has 1 aliphatic rings. The third-order valence-electron chi connectivity index (χ3n) is 3.31. The Kier molecular flexibility index (Phi) is 5.11. The van der Waals surface area contributed by atoms with E-state index in [2.05, 4.69) is 0 Å². The molecule has 114 valence electrons. The second kappa shape index (κ2) is 6.66. The zero-order valence-electron chi connectivity index (χ0n) is 11.4. The van der Waals surface area contributed by atoms with E-state index in [0.717, 1.165) is 18.6 Å². The molecule has 1 aliphatic heterocycles. The fourth-order valence-corrected chi connectivity index (χ4v) is 4.06. The zero-order chi connectivity index (χ0) is 15.6. The van der Waals surface area contributed by atoms with Gasteiger partial charge in [0, 0.05) is 5.75 Å². The van der Waals surface area contributed by atoms with Crippen molar-refractivity contribution in [2.75, 3.05) is 5.75 Å². The molecule has 0 radical (unpaired) electrons. The molecule has 7 heteroatoms. The van der Waals surface area contributed by atoms with Crippen molar-refractivity contribution in [3.05, 3.63) is 34.6 Å². The highest BCUT2D eigenvalue weighted by atomic mass is 35.5. The first-order chi connectivity index (χ1) is 9.95. The lowest BCUT2D eigenvalue weighted by atomic mass is 10.1. The topological polar surface area (TPSA) is 57.6 Å². The molecule has 21 heavy (non-hydrogen) atoms. The minimum Gasteiger partial charge on any atom is -0.480 e. The molecule has 1 amide bonds. The number of amides is 1. The molecule has 1 N–H and O–H groups in total. The molecule has 4 nitrogen and oxygen atoms in total. The van der Waals surface area contributed by atoms with Crippen molar-refractivity contribution in [2.45, 2.75) is 31.2 Å². The molecule has 1 aromatic rings. The highest BCUT2D eigenvalue weighted by Crippen LogP contribution is 2.34. The lowest BCUT2D eigenvalue weighted by molar-refractivity contribution is -0.141. The molecular formula is C14H15ClFNO3S. The lowest BCUT2D eigenvalue weighted by Gasteiger charge is -2.27. The monoisotopic (exact) mass is 331 g/mol. The number of rotatable bonds is 4. The summed E-state index contributed by atoms with van der Waals surface area (Å²) in [5, 5.41) is 9.09. The van der Waals surface area contributed by atoms with E-state index in [9.17, 15) is 19.1 Å². The first-order valence-electron chi connectivity index (χ1n) is 6.57. The van der Waals surface area contributed by atoms with Crippen molar-refractivity contribution in [3.8, 4) is 0 Å². The highest BCUT2D eigenvalue weighted by Gasteiger charge is 2.41. The second-order valence-corrected chi connectivity index (χ2v) is 6.39. The number of carbonyl (C=O) groups is 2. The molecule has 2 unspecified atom stereocenters. The van der Waals surface area contributed by atoms with Gasteiger partial charge in [0.1, 0.15) is 11.9 Å². The van der Waals surface area contributed by atoms with Crippen LogP contribution in [0.3, 0.4) is 0 Å². The number of aliphatic carboxylic acids is 1. The van der Waals surface area contributed by atoms with E-state index < -0.39 is 23.7 Å². The second-order valence-electron chi connectivity index (χ2n) is 4.77. The Labute approximate surface area is 131 Å². The van der Waals surface area contributed by atoms with Crippen LogP contribution in [0.5, 0.6) is 0 Å². The van der Waals surface area contributed by atoms with Gasteiger partial charge in [-0.1, -0.05) is 24.9 Å². The van der Waals surface area contributed by atoms with E-state index in [1.54, 1.807) is 0 Å². The summed E-state index contributed by atoms with van der Waals surface area (Å²) in [6.45, 7) is 1.97. The normalized spacial score (nSPS) is 21.6. The number of halogens is 2. The molecule has 2 atom stereocenters. The Morgan fingerprint density at radius 2 is 2.24 bits per heavy atom. The molecular weight excluding hydrogens is 317 g/mol. The first-order valence-corrected chi connectivity index (χ1v) is 8.00. The van der Waals surface area contributed by atoms with Crippen molar-refractivity contribution in [1.29, 1.82) is 0 Å². The summed E-state index contributed by atoms with van der Waals surface area (Å²) in [4.78, 5) is 25.3. The van der Waals surface area contributed by atoms with Gasteiger partial charge in [0.15, 0.2) is 0 Å². The van der Waals surface area contributed by atoms with Gasteiger partial charge in [-0.2, -0.15) is 0 Å². The maximum Gasteiger partial charge on any atom is 0.327 e. The fraction of sp³-hybridized carbons (Fsp3) is 0.429. The quantitative estimate of drug-likeness (QED) is 0.920. The summed E-state index contributed by atoms with van der Waals surface area (Å²) in [6.07, 6.45) is 1.55. The molecule has 0 saturated carbocycles. The Balaban J connectivity index is 2.34. The minimum absolute atomic E-state index is 0.00344. The number of thioether (sulfide) groups is 1. The number of hydrogen-bond acceptors (Lipinski definition) is 3. The van der Waals surface area contributed by atoms with Crippen LogP contribution in [0.25, 0.3) is 0 Å². The van der Waals surface area contributed by atoms with Gasteiger partial charge in [-0.25, -0.2) is 9.18 Å². The molecule has 0 spiro atoms. The van der Waals surface area contributed by atoms with Gasteiger partial charge in [0.2, 0.25) is 0 Å². The number of hydrogen-bond donors (Lipinski definition) is 1. The van der Waals surface area contributed by atoms with E-state index in [4.69, 9.17) is 11.6 Å². The van der Waals surface area contributed by atoms with Crippen LogP contribution < -0.4 is 0 Å². The maximum atomic E-state index is 13.1. The number of carbonyl (C=O) groups excluding carboxylic acids is 1. The van der Waals surface area contributed by atoms with Crippen molar-refractivity contribution in [2.24, 2.45) is 0 Å². The van der Waals surface area contributed by atoms with E-state index in [1.165, 1.54) is 22.7 Å². The summed E-state index contributed by atoms with van der Waals surface area (Å²) in [7, 11) is 0. The third-order valence-corrected chi connectivity index (χ3v) is 4.98. The summed E-state index contributed by atoms with van der Waals surface area (Å²) in [5.74, 6) is -1.68. The zero-order valence-corrected chi connectivity index (χ0v) is 13.0. The lowest BCUT2D eigenvalue weighted by Crippen LogP contribution is -2.45. The van der Waals surface area contributed by atoms with Gasteiger partial charge >= 0.3 is 5.97 Å². The number of nitrogens with zero attached hydrogens (tertiary/aromatic N) is 1. The Bertz CT molecular complexity index is 569. The van der Waals surface area contributed by atoms with Crippen LogP contribution in [0.4, 0.5) is 4.39 Å². The van der Waals surface area contributed by atoms with E-state index in [0.29, 0.717) is 12.2 Å². The summed E-state index contributed by atoms with van der Waals surface area (Å²) < 4.78 is 13.1. The van der Waals surface area contributed by atoms with E-state index in [1.807, 2.05) is 6.92 Å². The molecule has 0 aliphatic carbocycles. The summed E-state index contributed by atoms with van der Waals surface area (Å²) >= 11 is 7.36.